The highest BCUT2D eigenvalue weighted by Crippen LogP contribution is 2.41. The van der Waals surface area contributed by atoms with E-state index in [2.05, 4.69) is 10.3 Å². The van der Waals surface area contributed by atoms with Crippen LogP contribution in [0.1, 0.15) is 69.7 Å². The Morgan fingerprint density at radius 3 is 2.48 bits per heavy atom. The van der Waals surface area contributed by atoms with Crippen molar-refractivity contribution in [1.82, 2.24) is 9.88 Å². The minimum atomic E-state index is -1.49. The molecular formula is C33H39FN4O4. The van der Waals surface area contributed by atoms with E-state index in [4.69, 9.17) is 10.5 Å². The molecule has 5 rings (SSSR count). The predicted octanol–water partition coefficient (Wildman–Crippen LogP) is 5.45. The van der Waals surface area contributed by atoms with E-state index >= 15 is 4.39 Å². The van der Waals surface area contributed by atoms with E-state index in [1.54, 1.807) is 63.4 Å². The number of nitrogens with one attached hydrogen (secondary N) is 1. The fourth-order valence-corrected chi connectivity index (χ4v) is 5.59. The Labute approximate surface area is 246 Å². The first-order valence-electron chi connectivity index (χ1n) is 14.5. The Bertz CT molecular complexity index is 1430. The molecule has 1 aromatic heterocycles. The van der Waals surface area contributed by atoms with E-state index in [-0.39, 0.29) is 18.7 Å². The summed E-state index contributed by atoms with van der Waals surface area (Å²) >= 11 is 0. The lowest BCUT2D eigenvalue weighted by Crippen LogP contribution is -2.45. The Balaban J connectivity index is 1.44. The highest BCUT2D eigenvalue weighted by molar-refractivity contribution is 5.97. The van der Waals surface area contributed by atoms with Crippen LogP contribution in [0.15, 0.2) is 72.9 Å². The van der Waals surface area contributed by atoms with Gasteiger partial charge in [0, 0.05) is 12.6 Å². The Kier molecular flexibility index (Phi) is 8.09. The van der Waals surface area contributed by atoms with Gasteiger partial charge in [0.15, 0.2) is 0 Å². The van der Waals surface area contributed by atoms with Crippen molar-refractivity contribution >= 4 is 17.7 Å². The number of hydrogen-bond acceptors (Lipinski definition) is 6. The molecule has 9 heteroatoms. The molecule has 8 nitrogen and oxygen atoms in total. The number of aliphatic hydroxyl groups is 1. The number of carbonyl (C=O) groups excluding carboxylic acids is 2. The van der Waals surface area contributed by atoms with Gasteiger partial charge < -0.3 is 20.9 Å². The van der Waals surface area contributed by atoms with Crippen molar-refractivity contribution < 1.29 is 23.8 Å². The van der Waals surface area contributed by atoms with Crippen LogP contribution in [0.3, 0.4) is 0 Å². The zero-order valence-electron chi connectivity index (χ0n) is 24.3. The summed E-state index contributed by atoms with van der Waals surface area (Å²) in [7, 11) is 0. The van der Waals surface area contributed by atoms with E-state index < -0.39 is 40.6 Å². The van der Waals surface area contributed by atoms with Crippen LogP contribution in [0.2, 0.25) is 0 Å². The summed E-state index contributed by atoms with van der Waals surface area (Å²) < 4.78 is 20.8. The zero-order valence-corrected chi connectivity index (χ0v) is 24.3. The number of nitrogens with two attached hydrogens (primary N) is 1. The maximum atomic E-state index is 15.2. The molecule has 3 atom stereocenters. The van der Waals surface area contributed by atoms with Gasteiger partial charge in [-0.2, -0.15) is 0 Å². The molecule has 1 unspecified atom stereocenters. The van der Waals surface area contributed by atoms with Crippen molar-refractivity contribution in [2.75, 3.05) is 11.9 Å². The van der Waals surface area contributed by atoms with Gasteiger partial charge in [-0.25, -0.2) is 9.18 Å². The maximum absolute atomic E-state index is 15.2. The Morgan fingerprint density at radius 2 is 1.83 bits per heavy atom. The molecule has 1 aliphatic carbocycles. The number of amides is 2. The van der Waals surface area contributed by atoms with Crippen LogP contribution >= 0.6 is 0 Å². The number of pyridine rings is 1. The number of nitrogens with zero attached hydrogens (tertiary/aromatic N) is 2. The Morgan fingerprint density at radius 1 is 1.12 bits per heavy atom. The van der Waals surface area contributed by atoms with E-state index in [0.29, 0.717) is 29.2 Å². The molecule has 1 saturated carbocycles. The molecule has 2 aromatic carbocycles. The minimum absolute atomic E-state index is 0.0611. The summed E-state index contributed by atoms with van der Waals surface area (Å²) in [6.07, 6.45) is 4.74. The van der Waals surface area contributed by atoms with Gasteiger partial charge in [0.05, 0.1) is 23.5 Å². The second-order valence-corrected chi connectivity index (χ2v) is 12.6. The van der Waals surface area contributed by atoms with Gasteiger partial charge in [-0.15, -0.1) is 0 Å². The number of rotatable bonds is 8. The summed E-state index contributed by atoms with van der Waals surface area (Å²) in [4.78, 5) is 32.7. The van der Waals surface area contributed by atoms with Crippen LogP contribution in [0.5, 0.6) is 0 Å². The van der Waals surface area contributed by atoms with Crippen molar-refractivity contribution in [3.05, 3.63) is 95.6 Å². The van der Waals surface area contributed by atoms with Crippen LogP contribution in [0, 0.1) is 11.7 Å². The predicted molar refractivity (Wildman–Crippen MR) is 158 cm³/mol. The molecule has 2 amide bonds. The van der Waals surface area contributed by atoms with Crippen LogP contribution in [-0.4, -0.2) is 45.2 Å². The van der Waals surface area contributed by atoms with Gasteiger partial charge in [0.25, 0.3) is 0 Å². The topological polar surface area (TPSA) is 118 Å². The van der Waals surface area contributed by atoms with Gasteiger partial charge in [0.1, 0.15) is 23.1 Å². The van der Waals surface area contributed by atoms with Gasteiger partial charge in [-0.1, -0.05) is 55.3 Å². The van der Waals surface area contributed by atoms with Gasteiger partial charge in [0.2, 0.25) is 5.91 Å². The number of β-amino-alcohol motifs (C(OH)–C–C–N with tert-alkyl or cyclic N) is 1. The summed E-state index contributed by atoms with van der Waals surface area (Å²) in [6, 6.07) is 17.8. The third kappa shape index (κ3) is 6.47. The SMILES string of the molecule is CC(C)(C)OC(=O)N1C[C@@](O)(c2ccccc2)C[C@@H]1C(=O)Nc1cc(C(N)(CCC2CC2)c2ccccn2)ccc1F. The molecule has 4 N–H and O–H groups in total. The minimum Gasteiger partial charge on any atom is -0.444 e. The number of carbonyl (C=O) groups is 2. The number of anilines is 1. The molecule has 2 heterocycles. The molecule has 2 aliphatic rings. The average Bonchev–Trinajstić information content (AvgIpc) is 3.72. The molecule has 0 spiro atoms. The molecule has 1 aliphatic heterocycles. The van der Waals surface area contributed by atoms with Gasteiger partial charge in [-0.05, 0) is 74.9 Å². The number of likely N-dealkylation sites (tertiary alicyclic amines) is 1. The smallest absolute Gasteiger partial charge is 0.411 e. The summed E-state index contributed by atoms with van der Waals surface area (Å²) in [5.41, 5.74) is 5.51. The second kappa shape index (κ2) is 11.5. The third-order valence-electron chi connectivity index (χ3n) is 8.09. The first-order chi connectivity index (χ1) is 19.9. The summed E-state index contributed by atoms with van der Waals surface area (Å²) in [5, 5.41) is 14.3. The first-order valence-corrected chi connectivity index (χ1v) is 14.5. The van der Waals surface area contributed by atoms with E-state index in [0.717, 1.165) is 6.42 Å². The molecule has 42 heavy (non-hydrogen) atoms. The number of aromatic nitrogens is 1. The normalized spacial score (nSPS) is 22.0. The van der Waals surface area contributed by atoms with Crippen molar-refractivity contribution in [1.29, 1.82) is 0 Å². The van der Waals surface area contributed by atoms with Crippen molar-refractivity contribution in [2.45, 2.75) is 75.7 Å². The van der Waals surface area contributed by atoms with Crippen molar-refractivity contribution in [3.63, 3.8) is 0 Å². The van der Waals surface area contributed by atoms with E-state index in [9.17, 15) is 14.7 Å². The number of hydrogen-bond donors (Lipinski definition) is 3. The standard InChI is InChI=1S/C33H39FN4O4/c1-31(2,3)42-30(40)38-21-32(41,23-9-5-4-6-10-23)20-27(38)29(39)37-26-19-24(14-15-25(26)34)33(35,17-16-22-12-13-22)28-11-7-8-18-36-28/h4-11,14-15,18-19,22,27,41H,12-13,16-17,20-21,35H2,1-3H3,(H,37,39)/t27-,32-,33?/m1/s1. The van der Waals surface area contributed by atoms with Gasteiger partial charge in [-0.3, -0.25) is 14.7 Å². The van der Waals surface area contributed by atoms with Crippen LogP contribution in [-0.2, 0) is 20.7 Å². The van der Waals surface area contributed by atoms with E-state index in [1.807, 2.05) is 24.3 Å². The summed E-state index contributed by atoms with van der Waals surface area (Å²) in [5.74, 6) is -0.652. The monoisotopic (exact) mass is 574 g/mol. The number of benzene rings is 2. The fraction of sp³-hybridized carbons (Fsp3) is 0.424. The lowest BCUT2D eigenvalue weighted by molar-refractivity contribution is -0.120. The molecule has 222 valence electrons. The quantitative estimate of drug-likeness (QED) is 0.329. The van der Waals surface area contributed by atoms with Crippen molar-refractivity contribution in [2.24, 2.45) is 11.7 Å². The lowest BCUT2D eigenvalue weighted by atomic mass is 9.82. The molecule has 1 saturated heterocycles. The molecule has 0 radical (unpaired) electrons. The highest BCUT2D eigenvalue weighted by atomic mass is 19.1. The first kappa shape index (κ1) is 29.7. The highest BCUT2D eigenvalue weighted by Gasteiger charge is 2.50. The zero-order chi connectivity index (χ0) is 30.1. The lowest BCUT2D eigenvalue weighted by Gasteiger charge is -2.31. The third-order valence-corrected chi connectivity index (χ3v) is 8.09. The average molecular weight is 575 g/mol. The van der Waals surface area contributed by atoms with E-state index in [1.165, 1.54) is 23.8 Å². The molecular weight excluding hydrogens is 535 g/mol. The van der Waals surface area contributed by atoms with Gasteiger partial charge >= 0.3 is 6.09 Å². The van der Waals surface area contributed by atoms with Crippen LogP contribution < -0.4 is 11.1 Å². The second-order valence-electron chi connectivity index (χ2n) is 12.6. The van der Waals surface area contributed by atoms with Crippen LogP contribution in [0.25, 0.3) is 0 Å². The maximum Gasteiger partial charge on any atom is 0.411 e. The molecule has 0 bridgehead atoms. The summed E-state index contributed by atoms with van der Waals surface area (Å²) in [6.45, 7) is 5.03. The Hall–Kier alpha value is -3.82. The van der Waals surface area contributed by atoms with Crippen molar-refractivity contribution in [3.8, 4) is 0 Å². The molecule has 2 fully saturated rings. The largest absolute Gasteiger partial charge is 0.444 e. The number of halogens is 1. The fourth-order valence-electron chi connectivity index (χ4n) is 5.59. The molecule has 3 aromatic rings. The van der Waals surface area contributed by atoms with Crippen LogP contribution in [0.4, 0.5) is 14.9 Å². The number of ether oxygens (including phenoxy) is 1.